The van der Waals surface area contributed by atoms with Gasteiger partial charge in [-0.25, -0.2) is 4.98 Å². The molecule has 0 amide bonds. The first-order valence-electron chi connectivity index (χ1n) is 5.44. The Morgan fingerprint density at radius 1 is 1.11 bits per heavy atom. The van der Waals surface area contributed by atoms with Gasteiger partial charge in [-0.3, -0.25) is 0 Å². The fraction of sp³-hybridized carbons (Fsp3) is 0.545. The summed E-state index contributed by atoms with van der Waals surface area (Å²) in [4.78, 5) is 5.99. The molecule has 0 spiro atoms. The van der Waals surface area contributed by atoms with Crippen molar-refractivity contribution in [3.05, 3.63) is 24.3 Å². The average molecular weight is 317 g/mol. The zero-order valence-corrected chi connectivity index (χ0v) is 12.2. The summed E-state index contributed by atoms with van der Waals surface area (Å²) in [6.45, 7) is 2.04. The molecule has 3 heterocycles. The SMILES string of the molecule is Cl.Cl.Cl.Fc1ccc(N2CC3CCC(C2)N3)cn1. The molecule has 2 atom stereocenters. The fourth-order valence-corrected chi connectivity index (χ4v) is 2.56. The van der Waals surface area contributed by atoms with Gasteiger partial charge in [0.15, 0.2) is 0 Å². The molecule has 7 heteroatoms. The zero-order valence-electron chi connectivity index (χ0n) is 9.71. The lowest BCUT2D eigenvalue weighted by molar-refractivity contribution is 0.465. The Morgan fingerprint density at radius 2 is 1.72 bits per heavy atom. The fourth-order valence-electron chi connectivity index (χ4n) is 2.56. The van der Waals surface area contributed by atoms with Crippen LogP contribution in [0.1, 0.15) is 12.8 Å². The summed E-state index contributed by atoms with van der Waals surface area (Å²) in [7, 11) is 0. The van der Waals surface area contributed by atoms with Crippen LogP contribution in [-0.4, -0.2) is 30.2 Å². The van der Waals surface area contributed by atoms with Gasteiger partial charge in [-0.1, -0.05) is 0 Å². The van der Waals surface area contributed by atoms with Gasteiger partial charge in [0.2, 0.25) is 5.95 Å². The summed E-state index contributed by atoms with van der Waals surface area (Å²) in [5.74, 6) is -0.406. The molecule has 1 aromatic heterocycles. The molecule has 0 aliphatic carbocycles. The van der Waals surface area contributed by atoms with Crippen molar-refractivity contribution in [1.29, 1.82) is 0 Å². The zero-order chi connectivity index (χ0) is 10.3. The number of nitrogens with one attached hydrogen (secondary N) is 1. The highest BCUT2D eigenvalue weighted by molar-refractivity contribution is 5.86. The second-order valence-electron chi connectivity index (χ2n) is 4.38. The lowest BCUT2D eigenvalue weighted by Gasteiger charge is -2.34. The first-order valence-corrected chi connectivity index (χ1v) is 5.44. The van der Waals surface area contributed by atoms with Crippen molar-refractivity contribution < 1.29 is 4.39 Å². The van der Waals surface area contributed by atoms with Crippen molar-refractivity contribution in [2.24, 2.45) is 0 Å². The van der Waals surface area contributed by atoms with E-state index in [-0.39, 0.29) is 37.2 Å². The Balaban J connectivity index is 0.000000963. The van der Waals surface area contributed by atoms with Gasteiger partial charge in [0.1, 0.15) is 0 Å². The number of rotatable bonds is 1. The highest BCUT2D eigenvalue weighted by Gasteiger charge is 2.32. The van der Waals surface area contributed by atoms with Crippen LogP contribution in [0.4, 0.5) is 10.1 Å². The lowest BCUT2D eigenvalue weighted by atomic mass is 10.2. The third-order valence-corrected chi connectivity index (χ3v) is 3.29. The average Bonchev–Trinajstić information content (AvgIpc) is 2.59. The van der Waals surface area contributed by atoms with Gasteiger partial charge >= 0.3 is 0 Å². The van der Waals surface area contributed by atoms with Crippen LogP contribution in [0.5, 0.6) is 0 Å². The third kappa shape index (κ3) is 3.60. The smallest absolute Gasteiger partial charge is 0.212 e. The molecule has 104 valence electrons. The summed E-state index contributed by atoms with van der Waals surface area (Å²) in [5.41, 5.74) is 1.04. The molecule has 2 unspecified atom stereocenters. The predicted octanol–water partition coefficient (Wildman–Crippen LogP) is 2.43. The molecular weight excluding hydrogens is 299 g/mol. The number of hydrogen-bond donors (Lipinski definition) is 1. The third-order valence-electron chi connectivity index (χ3n) is 3.29. The Labute approximate surface area is 125 Å². The normalized spacial score (nSPS) is 24.6. The van der Waals surface area contributed by atoms with Gasteiger partial charge in [0, 0.05) is 25.2 Å². The first kappa shape index (κ1) is 17.7. The largest absolute Gasteiger partial charge is 0.367 e. The Kier molecular flexibility index (Phi) is 7.22. The van der Waals surface area contributed by atoms with E-state index in [1.165, 1.54) is 18.9 Å². The summed E-state index contributed by atoms with van der Waals surface area (Å²) in [6.07, 6.45) is 4.14. The van der Waals surface area contributed by atoms with Crippen LogP contribution in [0.3, 0.4) is 0 Å². The lowest BCUT2D eigenvalue weighted by Crippen LogP contribution is -2.51. The van der Waals surface area contributed by atoms with Crippen molar-refractivity contribution >= 4 is 42.9 Å². The number of nitrogens with zero attached hydrogens (tertiary/aromatic N) is 2. The minimum absolute atomic E-state index is 0. The summed E-state index contributed by atoms with van der Waals surface area (Å²) < 4.78 is 12.7. The number of halogens is 4. The molecule has 3 rings (SSSR count). The van der Waals surface area contributed by atoms with Gasteiger partial charge in [-0.15, -0.1) is 37.2 Å². The second-order valence-corrected chi connectivity index (χ2v) is 4.38. The number of pyridine rings is 1. The van der Waals surface area contributed by atoms with E-state index in [4.69, 9.17) is 0 Å². The molecule has 0 saturated carbocycles. The summed E-state index contributed by atoms with van der Waals surface area (Å²) in [5, 5.41) is 3.57. The van der Waals surface area contributed by atoms with E-state index in [9.17, 15) is 4.39 Å². The van der Waals surface area contributed by atoms with Crippen LogP contribution in [0.25, 0.3) is 0 Å². The van der Waals surface area contributed by atoms with Gasteiger partial charge in [0.25, 0.3) is 0 Å². The molecule has 2 saturated heterocycles. The monoisotopic (exact) mass is 315 g/mol. The van der Waals surface area contributed by atoms with Crippen LogP contribution in [0.2, 0.25) is 0 Å². The molecule has 2 bridgehead atoms. The minimum atomic E-state index is -0.406. The van der Waals surface area contributed by atoms with E-state index in [2.05, 4.69) is 15.2 Å². The van der Waals surface area contributed by atoms with E-state index in [0.717, 1.165) is 18.8 Å². The number of aromatic nitrogens is 1. The van der Waals surface area contributed by atoms with Crippen molar-refractivity contribution in [2.75, 3.05) is 18.0 Å². The molecular formula is C11H17Cl3FN3. The van der Waals surface area contributed by atoms with Crippen LogP contribution < -0.4 is 10.2 Å². The molecule has 18 heavy (non-hydrogen) atoms. The van der Waals surface area contributed by atoms with Crippen LogP contribution in [0.15, 0.2) is 18.3 Å². The Bertz CT molecular complexity index is 351. The van der Waals surface area contributed by atoms with Crippen molar-refractivity contribution in [2.45, 2.75) is 24.9 Å². The van der Waals surface area contributed by atoms with E-state index < -0.39 is 5.95 Å². The minimum Gasteiger partial charge on any atom is -0.367 e. The van der Waals surface area contributed by atoms with Crippen molar-refractivity contribution in [3.8, 4) is 0 Å². The standard InChI is InChI=1S/C11H14FN3.3ClH/c12-11-4-3-10(5-13-11)15-6-8-1-2-9(7-15)14-8;;;/h3-5,8-9,14H,1-2,6-7H2;3*1H. The number of fused-ring (bicyclic) bond motifs is 2. The number of hydrogen-bond acceptors (Lipinski definition) is 3. The van der Waals surface area contributed by atoms with Gasteiger partial charge in [-0.05, 0) is 25.0 Å². The van der Waals surface area contributed by atoms with E-state index in [1.54, 1.807) is 6.20 Å². The summed E-state index contributed by atoms with van der Waals surface area (Å²) >= 11 is 0. The van der Waals surface area contributed by atoms with Crippen molar-refractivity contribution in [1.82, 2.24) is 10.3 Å². The molecule has 1 N–H and O–H groups in total. The van der Waals surface area contributed by atoms with Gasteiger partial charge < -0.3 is 10.2 Å². The second kappa shape index (κ2) is 7.34. The molecule has 0 radical (unpaired) electrons. The van der Waals surface area contributed by atoms with Crippen LogP contribution in [0, 0.1) is 5.95 Å². The highest BCUT2D eigenvalue weighted by atomic mass is 35.5. The molecule has 2 fully saturated rings. The van der Waals surface area contributed by atoms with Gasteiger partial charge in [0.05, 0.1) is 11.9 Å². The van der Waals surface area contributed by atoms with Crippen molar-refractivity contribution in [3.63, 3.8) is 0 Å². The Hall–Kier alpha value is -0.290. The molecule has 2 aliphatic heterocycles. The Morgan fingerprint density at radius 3 is 2.22 bits per heavy atom. The number of piperazine rings is 1. The van der Waals surface area contributed by atoms with E-state index in [1.807, 2.05) is 6.07 Å². The van der Waals surface area contributed by atoms with E-state index in [0.29, 0.717) is 12.1 Å². The maximum absolute atomic E-state index is 12.7. The highest BCUT2D eigenvalue weighted by Crippen LogP contribution is 2.24. The maximum Gasteiger partial charge on any atom is 0.212 e. The quantitative estimate of drug-likeness (QED) is 0.807. The van der Waals surface area contributed by atoms with Crippen LogP contribution in [-0.2, 0) is 0 Å². The summed E-state index contributed by atoms with van der Waals surface area (Å²) in [6, 6.07) is 4.45. The van der Waals surface area contributed by atoms with Crippen LogP contribution >= 0.6 is 37.2 Å². The first-order chi connectivity index (χ1) is 7.31. The van der Waals surface area contributed by atoms with E-state index >= 15 is 0 Å². The molecule has 0 aromatic carbocycles. The van der Waals surface area contributed by atoms with Gasteiger partial charge in [-0.2, -0.15) is 4.39 Å². The predicted molar refractivity (Wildman–Crippen MR) is 78.1 cm³/mol. The molecule has 1 aromatic rings. The molecule has 2 aliphatic rings. The maximum atomic E-state index is 12.7. The number of anilines is 1. The molecule has 3 nitrogen and oxygen atoms in total. The topological polar surface area (TPSA) is 28.2 Å².